The van der Waals surface area contributed by atoms with E-state index in [1.807, 2.05) is 19.9 Å². The van der Waals surface area contributed by atoms with Gasteiger partial charge < -0.3 is 9.84 Å². The summed E-state index contributed by atoms with van der Waals surface area (Å²) in [6.45, 7) is 3.90. The third kappa shape index (κ3) is 3.87. The monoisotopic (exact) mass is 436 g/mol. The largest absolute Gasteiger partial charge is 0.350 e. The molecule has 2 aliphatic carbocycles. The molecule has 3 heterocycles. The maximum atomic E-state index is 12.8. The van der Waals surface area contributed by atoms with E-state index in [1.165, 1.54) is 0 Å². The fourth-order valence-electron chi connectivity index (χ4n) is 4.94. The smallest absolute Gasteiger partial charge is 0.290 e. The zero-order valence-electron chi connectivity index (χ0n) is 18.5. The summed E-state index contributed by atoms with van der Waals surface area (Å²) in [7, 11) is 0. The van der Waals surface area contributed by atoms with E-state index in [-0.39, 0.29) is 23.6 Å². The molecule has 32 heavy (non-hydrogen) atoms. The first-order chi connectivity index (χ1) is 15.5. The van der Waals surface area contributed by atoms with E-state index in [2.05, 4.69) is 20.7 Å². The van der Waals surface area contributed by atoms with Crippen molar-refractivity contribution in [2.75, 3.05) is 0 Å². The average Bonchev–Trinajstić information content (AvgIpc) is 3.37. The minimum atomic E-state index is -0.175. The van der Waals surface area contributed by atoms with Gasteiger partial charge in [-0.3, -0.25) is 9.59 Å². The quantitative estimate of drug-likeness (QED) is 0.674. The normalized spacial score (nSPS) is 20.7. The molecular weight excluding hydrogens is 408 g/mol. The van der Waals surface area contributed by atoms with Crippen LogP contribution in [0, 0.1) is 13.8 Å². The Morgan fingerprint density at radius 3 is 2.62 bits per heavy atom. The lowest BCUT2D eigenvalue weighted by Gasteiger charge is -2.29. The number of nitrogens with one attached hydrogen (secondary N) is 1. The molecule has 0 unspecified atom stereocenters. The first-order valence-corrected chi connectivity index (χ1v) is 11.4. The Kier molecular flexibility index (Phi) is 5.40. The van der Waals surface area contributed by atoms with E-state index in [4.69, 9.17) is 4.52 Å². The van der Waals surface area contributed by atoms with Crippen LogP contribution >= 0.6 is 0 Å². The van der Waals surface area contributed by atoms with Gasteiger partial charge in [0.1, 0.15) is 0 Å². The predicted octanol–water partition coefficient (Wildman–Crippen LogP) is 2.83. The highest BCUT2D eigenvalue weighted by Crippen LogP contribution is 2.28. The second-order valence-electron chi connectivity index (χ2n) is 8.94. The van der Waals surface area contributed by atoms with E-state index in [0.29, 0.717) is 11.6 Å². The van der Waals surface area contributed by atoms with Crippen molar-refractivity contribution in [1.82, 2.24) is 30.0 Å². The van der Waals surface area contributed by atoms with Gasteiger partial charge in [-0.25, -0.2) is 9.36 Å². The number of carbonyl (C=O) groups excluding carboxylic acids is 1. The van der Waals surface area contributed by atoms with Crippen molar-refractivity contribution in [3.63, 3.8) is 0 Å². The Hall–Kier alpha value is -3.23. The topological polar surface area (TPSA) is 108 Å². The molecule has 168 valence electrons. The minimum absolute atomic E-state index is 0.00519. The molecular formula is C23H28N6O3. The number of aryl methyl sites for hydroxylation is 3. The van der Waals surface area contributed by atoms with Gasteiger partial charge in [-0.2, -0.15) is 5.10 Å². The summed E-state index contributed by atoms with van der Waals surface area (Å²) < 4.78 is 8.71. The van der Waals surface area contributed by atoms with E-state index >= 15 is 0 Å². The Labute approximate surface area is 185 Å². The van der Waals surface area contributed by atoms with Crippen LogP contribution in [0.4, 0.5) is 0 Å². The molecule has 9 nitrogen and oxygen atoms in total. The third-order valence-electron chi connectivity index (χ3n) is 6.58. The number of rotatable bonds is 4. The summed E-state index contributed by atoms with van der Waals surface area (Å²) >= 11 is 0. The van der Waals surface area contributed by atoms with Crippen LogP contribution in [0.25, 0.3) is 5.82 Å². The number of aromatic nitrogens is 5. The van der Waals surface area contributed by atoms with Crippen molar-refractivity contribution in [2.45, 2.75) is 77.3 Å². The van der Waals surface area contributed by atoms with Gasteiger partial charge in [0.2, 0.25) is 5.76 Å². The molecule has 0 aromatic carbocycles. The molecule has 0 radical (unpaired) electrons. The zero-order chi connectivity index (χ0) is 22.2. The molecule has 9 heteroatoms. The Bertz CT molecular complexity index is 1200. The number of hydrogen-bond donors (Lipinski definition) is 1. The van der Waals surface area contributed by atoms with Gasteiger partial charge in [0, 0.05) is 23.4 Å². The minimum Gasteiger partial charge on any atom is -0.350 e. The molecule has 1 N–H and O–H groups in total. The van der Waals surface area contributed by atoms with Gasteiger partial charge in [-0.1, -0.05) is 5.16 Å². The summed E-state index contributed by atoms with van der Waals surface area (Å²) in [4.78, 5) is 25.3. The molecule has 0 aliphatic heterocycles. The van der Waals surface area contributed by atoms with Crippen molar-refractivity contribution >= 4 is 5.91 Å². The van der Waals surface area contributed by atoms with Gasteiger partial charge >= 0.3 is 0 Å². The average molecular weight is 437 g/mol. The van der Waals surface area contributed by atoms with Gasteiger partial charge in [0.05, 0.1) is 17.4 Å². The Balaban J connectivity index is 1.25. The molecule has 1 saturated carbocycles. The lowest BCUT2D eigenvalue weighted by Crippen LogP contribution is -2.40. The molecule has 3 aromatic rings. The van der Waals surface area contributed by atoms with Crippen LogP contribution in [0.1, 0.15) is 77.8 Å². The SMILES string of the molecule is Cc1cc(C)n(-c2ccc(=O)n(C3CCC(NC(=O)c4onc5c4CCCC5)CC3)n2)n1. The van der Waals surface area contributed by atoms with Crippen molar-refractivity contribution in [3.8, 4) is 5.82 Å². The number of carbonyl (C=O) groups is 1. The van der Waals surface area contributed by atoms with Crippen LogP contribution in [-0.4, -0.2) is 36.7 Å². The van der Waals surface area contributed by atoms with E-state index < -0.39 is 0 Å². The number of hydrogen-bond acceptors (Lipinski definition) is 6. The van der Waals surface area contributed by atoms with E-state index in [9.17, 15) is 9.59 Å². The van der Waals surface area contributed by atoms with Crippen LogP contribution in [0.15, 0.2) is 27.5 Å². The molecule has 0 atom stereocenters. The summed E-state index contributed by atoms with van der Waals surface area (Å²) in [6.07, 6.45) is 7.01. The Morgan fingerprint density at radius 1 is 1.09 bits per heavy atom. The summed E-state index contributed by atoms with van der Waals surface area (Å²) in [5.74, 6) is 0.837. The predicted molar refractivity (Wildman–Crippen MR) is 117 cm³/mol. The number of amides is 1. The molecule has 0 bridgehead atoms. The number of nitrogens with zero attached hydrogens (tertiary/aromatic N) is 5. The van der Waals surface area contributed by atoms with Crippen LogP contribution in [0.3, 0.4) is 0 Å². The molecule has 0 saturated heterocycles. The first-order valence-electron chi connectivity index (χ1n) is 11.4. The molecule has 1 fully saturated rings. The lowest BCUT2D eigenvalue weighted by atomic mass is 9.91. The maximum Gasteiger partial charge on any atom is 0.290 e. The summed E-state index contributed by atoms with van der Waals surface area (Å²) in [5, 5.41) is 16.3. The van der Waals surface area contributed by atoms with Crippen LogP contribution in [-0.2, 0) is 12.8 Å². The lowest BCUT2D eigenvalue weighted by molar-refractivity contribution is 0.0882. The molecule has 0 spiro atoms. The number of fused-ring (bicyclic) bond motifs is 1. The van der Waals surface area contributed by atoms with Gasteiger partial charge in [0.15, 0.2) is 5.82 Å². The van der Waals surface area contributed by atoms with Gasteiger partial charge in [-0.05, 0) is 77.3 Å². The van der Waals surface area contributed by atoms with Crippen molar-refractivity contribution in [1.29, 1.82) is 0 Å². The highest BCUT2D eigenvalue weighted by atomic mass is 16.5. The third-order valence-corrected chi connectivity index (χ3v) is 6.58. The van der Waals surface area contributed by atoms with Gasteiger partial charge in [-0.15, -0.1) is 5.10 Å². The van der Waals surface area contributed by atoms with Crippen molar-refractivity contribution in [3.05, 3.63) is 57.0 Å². The fraction of sp³-hybridized carbons (Fsp3) is 0.522. The summed E-state index contributed by atoms with van der Waals surface area (Å²) in [6, 6.07) is 5.31. The molecule has 3 aromatic heterocycles. The van der Waals surface area contributed by atoms with Crippen LogP contribution < -0.4 is 10.9 Å². The van der Waals surface area contributed by atoms with Crippen LogP contribution in [0.5, 0.6) is 0 Å². The zero-order valence-corrected chi connectivity index (χ0v) is 18.5. The fourth-order valence-corrected chi connectivity index (χ4v) is 4.94. The first kappa shape index (κ1) is 20.7. The van der Waals surface area contributed by atoms with Gasteiger partial charge in [0.25, 0.3) is 11.5 Å². The second-order valence-corrected chi connectivity index (χ2v) is 8.94. The Morgan fingerprint density at radius 2 is 1.88 bits per heavy atom. The van der Waals surface area contributed by atoms with E-state index in [0.717, 1.165) is 74.0 Å². The molecule has 2 aliphatic rings. The highest BCUT2D eigenvalue weighted by Gasteiger charge is 2.29. The van der Waals surface area contributed by atoms with Crippen molar-refractivity contribution < 1.29 is 9.32 Å². The summed E-state index contributed by atoms with van der Waals surface area (Å²) in [5.41, 5.74) is 3.67. The molecule has 1 amide bonds. The molecule has 5 rings (SSSR count). The van der Waals surface area contributed by atoms with Crippen LogP contribution in [0.2, 0.25) is 0 Å². The van der Waals surface area contributed by atoms with Crippen molar-refractivity contribution in [2.24, 2.45) is 0 Å². The maximum absolute atomic E-state index is 12.8. The highest BCUT2D eigenvalue weighted by molar-refractivity contribution is 5.93. The standard InChI is InChI=1S/C23H28N6O3/c1-14-13-15(2)28(25-14)20-11-12-21(30)29(26-20)17-9-7-16(8-10-17)24-23(31)22-18-5-3-4-6-19(18)27-32-22/h11-13,16-17H,3-10H2,1-2H3,(H,24,31). The van der Waals surface area contributed by atoms with E-state index in [1.54, 1.807) is 21.5 Å². The second kappa shape index (κ2) is 8.37.